The zero-order chi connectivity index (χ0) is 18.4. The molecule has 0 aliphatic carbocycles. The lowest BCUT2D eigenvalue weighted by atomic mass is 10.1. The second kappa shape index (κ2) is 8.46. The Labute approximate surface area is 151 Å². The number of piperidine rings is 1. The van der Waals surface area contributed by atoms with E-state index in [0.717, 1.165) is 24.2 Å². The summed E-state index contributed by atoms with van der Waals surface area (Å²) < 4.78 is 18.0. The Bertz CT molecular complexity index is 733. The van der Waals surface area contributed by atoms with Crippen LogP contribution in [0.3, 0.4) is 0 Å². The molecule has 3 rings (SSSR count). The largest absolute Gasteiger partial charge is 0.481 e. The molecule has 1 aromatic carbocycles. The van der Waals surface area contributed by atoms with E-state index in [4.69, 9.17) is 4.74 Å². The van der Waals surface area contributed by atoms with E-state index in [1.54, 1.807) is 30.2 Å². The predicted octanol–water partition coefficient (Wildman–Crippen LogP) is 2.41. The number of nitrogens with zero attached hydrogens (tertiary/aromatic N) is 3. The normalized spacial score (nSPS) is 14.8. The lowest BCUT2D eigenvalue weighted by Crippen LogP contribution is -2.46. The van der Waals surface area contributed by atoms with E-state index in [-0.39, 0.29) is 17.9 Å². The number of anilines is 1. The number of carbonyl (C=O) groups is 1. The van der Waals surface area contributed by atoms with Crippen LogP contribution in [-0.4, -0.2) is 47.1 Å². The van der Waals surface area contributed by atoms with Crippen molar-refractivity contribution in [3.05, 3.63) is 48.0 Å². The van der Waals surface area contributed by atoms with Gasteiger partial charge in [-0.1, -0.05) is 12.1 Å². The van der Waals surface area contributed by atoms with Gasteiger partial charge in [0.1, 0.15) is 18.0 Å². The Morgan fingerprint density at radius 3 is 2.69 bits per heavy atom. The van der Waals surface area contributed by atoms with Crippen LogP contribution < -0.4 is 15.4 Å². The number of hydrogen-bond donors (Lipinski definition) is 2. The molecule has 0 radical (unpaired) electrons. The molecule has 2 aromatic rings. The quantitative estimate of drug-likeness (QED) is 0.857. The summed E-state index contributed by atoms with van der Waals surface area (Å²) in [4.78, 5) is 22.2. The molecule has 2 heterocycles. The summed E-state index contributed by atoms with van der Waals surface area (Å²) in [5, 5.41) is 6.23. The van der Waals surface area contributed by atoms with E-state index in [0.29, 0.717) is 25.5 Å². The number of likely N-dealkylation sites (tertiary alicyclic amines) is 1. The lowest BCUT2D eigenvalue weighted by molar-refractivity contribution is 0.183. The van der Waals surface area contributed by atoms with Crippen molar-refractivity contribution in [3.63, 3.8) is 0 Å². The van der Waals surface area contributed by atoms with Crippen LogP contribution >= 0.6 is 0 Å². The van der Waals surface area contributed by atoms with Crippen LogP contribution in [0.4, 0.5) is 15.0 Å². The van der Waals surface area contributed by atoms with Crippen molar-refractivity contribution in [2.24, 2.45) is 0 Å². The smallest absolute Gasteiger partial charge is 0.317 e. The first-order valence-electron chi connectivity index (χ1n) is 8.54. The molecule has 2 N–H and O–H groups in total. The van der Waals surface area contributed by atoms with E-state index in [1.165, 1.54) is 18.5 Å². The number of aromatic nitrogens is 2. The van der Waals surface area contributed by atoms with E-state index < -0.39 is 0 Å². The highest BCUT2D eigenvalue weighted by Crippen LogP contribution is 2.17. The summed E-state index contributed by atoms with van der Waals surface area (Å²) >= 11 is 0. The van der Waals surface area contributed by atoms with Crippen molar-refractivity contribution >= 4 is 11.8 Å². The van der Waals surface area contributed by atoms with Gasteiger partial charge in [0.05, 0.1) is 7.11 Å². The van der Waals surface area contributed by atoms with Crippen molar-refractivity contribution in [1.29, 1.82) is 0 Å². The maximum Gasteiger partial charge on any atom is 0.317 e. The summed E-state index contributed by atoms with van der Waals surface area (Å²) in [5.74, 6) is 0.951. The van der Waals surface area contributed by atoms with Gasteiger partial charge in [-0.3, -0.25) is 0 Å². The molecule has 1 saturated heterocycles. The fraction of sp³-hybridized carbons (Fsp3) is 0.389. The van der Waals surface area contributed by atoms with Gasteiger partial charge in [0.25, 0.3) is 0 Å². The van der Waals surface area contributed by atoms with E-state index in [2.05, 4.69) is 20.6 Å². The van der Waals surface area contributed by atoms with Crippen LogP contribution in [0.1, 0.15) is 18.4 Å². The molecule has 26 heavy (non-hydrogen) atoms. The van der Waals surface area contributed by atoms with Gasteiger partial charge in [0.15, 0.2) is 0 Å². The number of amides is 2. The average Bonchev–Trinajstić information content (AvgIpc) is 2.68. The van der Waals surface area contributed by atoms with Crippen molar-refractivity contribution in [2.75, 3.05) is 25.5 Å². The summed E-state index contributed by atoms with van der Waals surface area (Å²) in [6, 6.07) is 8.01. The Morgan fingerprint density at radius 2 is 2.00 bits per heavy atom. The molecule has 0 unspecified atom stereocenters. The van der Waals surface area contributed by atoms with E-state index in [1.807, 2.05) is 0 Å². The molecule has 1 fully saturated rings. The molecule has 0 bridgehead atoms. The third-order valence-electron chi connectivity index (χ3n) is 4.34. The minimum absolute atomic E-state index is 0.100. The Balaban J connectivity index is 1.43. The van der Waals surface area contributed by atoms with Crippen LogP contribution in [0.25, 0.3) is 0 Å². The summed E-state index contributed by atoms with van der Waals surface area (Å²) in [5.41, 5.74) is 0.869. The maximum absolute atomic E-state index is 12.9. The number of hydrogen-bond acceptors (Lipinski definition) is 5. The van der Waals surface area contributed by atoms with Crippen molar-refractivity contribution in [3.8, 4) is 5.88 Å². The lowest BCUT2D eigenvalue weighted by Gasteiger charge is -2.32. The number of carbonyl (C=O) groups excluding carboxylic acids is 1. The molecule has 138 valence electrons. The maximum atomic E-state index is 12.9. The van der Waals surface area contributed by atoms with Gasteiger partial charge in [0, 0.05) is 31.7 Å². The van der Waals surface area contributed by atoms with Crippen LogP contribution in [0, 0.1) is 5.82 Å². The molecule has 1 aromatic heterocycles. The molecular formula is C18H22FN5O2. The molecule has 0 saturated carbocycles. The summed E-state index contributed by atoms with van der Waals surface area (Å²) in [6.45, 7) is 1.71. The number of ether oxygens (including phenoxy) is 1. The fourth-order valence-electron chi connectivity index (χ4n) is 2.86. The zero-order valence-corrected chi connectivity index (χ0v) is 14.6. The van der Waals surface area contributed by atoms with Gasteiger partial charge < -0.3 is 20.3 Å². The van der Waals surface area contributed by atoms with Gasteiger partial charge >= 0.3 is 6.03 Å². The van der Waals surface area contributed by atoms with Crippen molar-refractivity contribution < 1.29 is 13.9 Å². The molecule has 7 nitrogen and oxygen atoms in total. The average molecular weight is 359 g/mol. The Kier molecular flexibility index (Phi) is 5.83. The first kappa shape index (κ1) is 17.9. The van der Waals surface area contributed by atoms with E-state index in [9.17, 15) is 9.18 Å². The third-order valence-corrected chi connectivity index (χ3v) is 4.34. The predicted molar refractivity (Wildman–Crippen MR) is 95.4 cm³/mol. The molecule has 0 atom stereocenters. The zero-order valence-electron chi connectivity index (χ0n) is 14.6. The number of rotatable bonds is 5. The van der Waals surface area contributed by atoms with Crippen molar-refractivity contribution in [2.45, 2.75) is 25.4 Å². The topological polar surface area (TPSA) is 79.4 Å². The van der Waals surface area contributed by atoms with Gasteiger partial charge in [-0.25, -0.2) is 19.2 Å². The summed E-state index contributed by atoms with van der Waals surface area (Å²) in [6.07, 6.45) is 3.12. The van der Waals surface area contributed by atoms with Crippen LogP contribution in [-0.2, 0) is 6.54 Å². The van der Waals surface area contributed by atoms with Gasteiger partial charge in [-0.2, -0.15) is 0 Å². The minimum atomic E-state index is -0.282. The first-order valence-corrected chi connectivity index (χ1v) is 8.54. The third kappa shape index (κ3) is 4.81. The first-order chi connectivity index (χ1) is 12.6. The molecule has 1 aliphatic heterocycles. The molecule has 8 heteroatoms. The number of methoxy groups -OCH3 is 1. The second-order valence-electron chi connectivity index (χ2n) is 6.14. The van der Waals surface area contributed by atoms with Crippen LogP contribution in [0.2, 0.25) is 0 Å². The Morgan fingerprint density at radius 1 is 1.27 bits per heavy atom. The van der Waals surface area contributed by atoms with E-state index >= 15 is 0 Å². The van der Waals surface area contributed by atoms with Crippen LogP contribution in [0.5, 0.6) is 5.88 Å². The molecule has 0 spiro atoms. The van der Waals surface area contributed by atoms with Gasteiger partial charge in [-0.05, 0) is 30.5 Å². The monoisotopic (exact) mass is 359 g/mol. The Hall–Kier alpha value is -2.90. The summed E-state index contributed by atoms with van der Waals surface area (Å²) in [7, 11) is 1.56. The molecule has 2 amide bonds. The second-order valence-corrected chi connectivity index (χ2v) is 6.14. The van der Waals surface area contributed by atoms with Gasteiger partial charge in [0.2, 0.25) is 5.88 Å². The number of urea groups is 1. The number of benzene rings is 1. The van der Waals surface area contributed by atoms with Crippen LogP contribution in [0.15, 0.2) is 36.7 Å². The minimum Gasteiger partial charge on any atom is -0.481 e. The SMILES string of the molecule is COc1cc(NC2CCN(C(=O)NCc3ccc(F)cc3)CC2)ncn1. The fourth-order valence-corrected chi connectivity index (χ4v) is 2.86. The molecule has 1 aliphatic rings. The molecular weight excluding hydrogens is 337 g/mol. The number of halogens is 1. The standard InChI is InChI=1S/C18H22FN5O2/c1-26-17-10-16(21-12-22-17)23-15-6-8-24(9-7-15)18(25)20-11-13-2-4-14(19)5-3-13/h2-5,10,12,15H,6-9,11H2,1H3,(H,20,25)(H,21,22,23). The highest BCUT2D eigenvalue weighted by atomic mass is 19.1. The highest BCUT2D eigenvalue weighted by molar-refractivity contribution is 5.74. The van der Waals surface area contributed by atoms with Crippen molar-refractivity contribution in [1.82, 2.24) is 20.2 Å². The highest BCUT2D eigenvalue weighted by Gasteiger charge is 2.22. The number of nitrogens with one attached hydrogen (secondary N) is 2. The van der Waals surface area contributed by atoms with Gasteiger partial charge in [-0.15, -0.1) is 0 Å².